The number of likely N-dealkylation sites (N-methyl/N-ethyl adjacent to an activating group) is 2. The Balaban J connectivity index is 1.64. The molecule has 3 rings (SSSR count). The summed E-state index contributed by atoms with van der Waals surface area (Å²) in [5, 5.41) is 3.04. The molecule has 1 saturated heterocycles. The van der Waals surface area contributed by atoms with Crippen LogP contribution in [0.2, 0.25) is 0 Å². The summed E-state index contributed by atoms with van der Waals surface area (Å²) in [6.07, 6.45) is 5.51. The first-order valence-corrected chi connectivity index (χ1v) is 11.4. The molecule has 0 unspecified atom stereocenters. The van der Waals surface area contributed by atoms with Crippen LogP contribution in [0.3, 0.4) is 0 Å². The molecule has 6 nitrogen and oxygen atoms in total. The summed E-state index contributed by atoms with van der Waals surface area (Å²) in [6.45, 7) is 2.25. The SMILES string of the molecule is CNCCN(C)C(=O)C1CCN(S(=O)(=O)c2ccc3c(c2)CCCC3)CC1. The Morgan fingerprint density at radius 1 is 1.19 bits per heavy atom. The molecule has 1 N–H and O–H groups in total. The lowest BCUT2D eigenvalue weighted by Crippen LogP contribution is -2.44. The first kappa shape index (κ1) is 20.3. The Hall–Kier alpha value is -1.44. The van der Waals surface area contributed by atoms with E-state index in [0.29, 0.717) is 37.4 Å². The van der Waals surface area contributed by atoms with E-state index in [9.17, 15) is 13.2 Å². The van der Waals surface area contributed by atoms with Crippen molar-refractivity contribution in [2.24, 2.45) is 5.92 Å². The molecule has 0 aromatic heterocycles. The third kappa shape index (κ3) is 4.52. The summed E-state index contributed by atoms with van der Waals surface area (Å²) < 4.78 is 27.6. The Morgan fingerprint density at radius 2 is 1.85 bits per heavy atom. The zero-order chi connectivity index (χ0) is 19.4. The standard InChI is InChI=1S/C20H31N3O3S/c1-21-11-14-22(2)20(24)17-9-12-23(13-10-17)27(25,26)19-8-7-16-5-3-4-6-18(16)15-19/h7-8,15,17,21H,3-6,9-14H2,1-2H3. The second-order valence-corrected chi connectivity index (χ2v) is 9.62. The first-order valence-electron chi connectivity index (χ1n) is 9.95. The molecule has 150 valence electrons. The fourth-order valence-electron chi connectivity index (χ4n) is 4.06. The minimum atomic E-state index is -3.48. The lowest BCUT2D eigenvalue weighted by atomic mass is 9.92. The highest BCUT2D eigenvalue weighted by atomic mass is 32.2. The van der Waals surface area contributed by atoms with E-state index in [2.05, 4.69) is 5.32 Å². The number of aryl methyl sites for hydroxylation is 2. The number of hydrogen-bond acceptors (Lipinski definition) is 4. The molecule has 0 spiro atoms. The van der Waals surface area contributed by atoms with Crippen LogP contribution in [-0.4, -0.2) is 63.8 Å². The summed E-state index contributed by atoms with van der Waals surface area (Å²) in [6, 6.07) is 5.60. The average Bonchev–Trinajstić information content (AvgIpc) is 2.71. The van der Waals surface area contributed by atoms with Gasteiger partial charge in [0.05, 0.1) is 4.90 Å². The van der Waals surface area contributed by atoms with E-state index in [0.717, 1.165) is 25.8 Å². The normalized spacial score (nSPS) is 18.9. The van der Waals surface area contributed by atoms with Gasteiger partial charge < -0.3 is 10.2 Å². The highest BCUT2D eigenvalue weighted by molar-refractivity contribution is 7.89. The number of nitrogens with one attached hydrogen (secondary N) is 1. The molecule has 2 aliphatic rings. The Bertz CT molecular complexity index is 771. The number of carbonyl (C=O) groups is 1. The van der Waals surface area contributed by atoms with Crippen molar-refractivity contribution < 1.29 is 13.2 Å². The second kappa shape index (κ2) is 8.71. The van der Waals surface area contributed by atoms with Crippen LogP contribution >= 0.6 is 0 Å². The van der Waals surface area contributed by atoms with Crippen LogP contribution in [-0.2, 0) is 27.7 Å². The average molecular weight is 394 g/mol. The van der Waals surface area contributed by atoms with Gasteiger partial charge in [0.1, 0.15) is 0 Å². The number of rotatable bonds is 6. The maximum atomic E-state index is 13.0. The number of fused-ring (bicyclic) bond motifs is 1. The topological polar surface area (TPSA) is 69.7 Å². The van der Waals surface area contributed by atoms with Crippen molar-refractivity contribution in [2.75, 3.05) is 40.3 Å². The van der Waals surface area contributed by atoms with E-state index in [-0.39, 0.29) is 11.8 Å². The molecule has 1 aromatic rings. The molecule has 1 heterocycles. The van der Waals surface area contributed by atoms with Gasteiger partial charge >= 0.3 is 0 Å². The van der Waals surface area contributed by atoms with E-state index < -0.39 is 10.0 Å². The molecular weight excluding hydrogens is 362 g/mol. The largest absolute Gasteiger partial charge is 0.344 e. The van der Waals surface area contributed by atoms with Gasteiger partial charge in [-0.25, -0.2) is 8.42 Å². The van der Waals surface area contributed by atoms with Crippen LogP contribution in [0, 0.1) is 5.92 Å². The summed E-state index contributed by atoms with van der Waals surface area (Å²) in [5.41, 5.74) is 2.47. The van der Waals surface area contributed by atoms with Gasteiger partial charge in [0.15, 0.2) is 0 Å². The van der Waals surface area contributed by atoms with E-state index in [1.165, 1.54) is 17.5 Å². The van der Waals surface area contributed by atoms with Gasteiger partial charge in [-0.1, -0.05) is 6.07 Å². The lowest BCUT2D eigenvalue weighted by molar-refractivity contribution is -0.135. The van der Waals surface area contributed by atoms with Gasteiger partial charge in [0.2, 0.25) is 15.9 Å². The highest BCUT2D eigenvalue weighted by Crippen LogP contribution is 2.28. The number of sulfonamides is 1. The minimum Gasteiger partial charge on any atom is -0.344 e. The molecule has 27 heavy (non-hydrogen) atoms. The highest BCUT2D eigenvalue weighted by Gasteiger charge is 2.33. The second-order valence-electron chi connectivity index (χ2n) is 7.68. The van der Waals surface area contributed by atoms with Crippen LogP contribution in [0.1, 0.15) is 36.8 Å². The number of carbonyl (C=O) groups excluding carboxylic acids is 1. The van der Waals surface area contributed by atoms with E-state index in [1.54, 1.807) is 15.3 Å². The van der Waals surface area contributed by atoms with Crippen LogP contribution in [0.25, 0.3) is 0 Å². The molecule has 1 aromatic carbocycles. The van der Waals surface area contributed by atoms with Crippen molar-refractivity contribution in [3.05, 3.63) is 29.3 Å². The minimum absolute atomic E-state index is 0.0816. The monoisotopic (exact) mass is 393 g/mol. The van der Waals surface area contributed by atoms with Gasteiger partial charge in [-0.15, -0.1) is 0 Å². The van der Waals surface area contributed by atoms with Gasteiger partial charge in [0.25, 0.3) is 0 Å². The molecule has 0 saturated carbocycles. The number of hydrogen-bond donors (Lipinski definition) is 1. The van der Waals surface area contributed by atoms with Crippen molar-refractivity contribution in [3.8, 4) is 0 Å². The van der Waals surface area contributed by atoms with Crippen molar-refractivity contribution in [1.29, 1.82) is 0 Å². The molecule has 0 bridgehead atoms. The molecule has 0 radical (unpaired) electrons. The fraction of sp³-hybridized carbons (Fsp3) is 0.650. The van der Waals surface area contributed by atoms with E-state index in [1.807, 2.05) is 26.2 Å². The van der Waals surface area contributed by atoms with Crippen molar-refractivity contribution in [1.82, 2.24) is 14.5 Å². The fourth-order valence-corrected chi connectivity index (χ4v) is 5.58. The number of amides is 1. The first-order chi connectivity index (χ1) is 12.9. The summed E-state index contributed by atoms with van der Waals surface area (Å²) in [7, 11) is 0.198. The Labute approximate surface area is 163 Å². The predicted molar refractivity (Wildman–Crippen MR) is 106 cm³/mol. The van der Waals surface area contributed by atoms with Crippen molar-refractivity contribution in [3.63, 3.8) is 0 Å². The summed E-state index contributed by atoms with van der Waals surface area (Å²) in [5.74, 6) is 0.0397. The summed E-state index contributed by atoms with van der Waals surface area (Å²) in [4.78, 5) is 14.7. The molecule has 7 heteroatoms. The van der Waals surface area contributed by atoms with Crippen LogP contribution in [0.4, 0.5) is 0 Å². The van der Waals surface area contributed by atoms with E-state index in [4.69, 9.17) is 0 Å². The maximum Gasteiger partial charge on any atom is 0.243 e. The number of piperidine rings is 1. The van der Waals surface area contributed by atoms with Gasteiger partial charge in [-0.2, -0.15) is 4.31 Å². The number of benzene rings is 1. The zero-order valence-corrected chi connectivity index (χ0v) is 17.2. The van der Waals surface area contributed by atoms with Gasteiger partial charge in [0, 0.05) is 39.1 Å². The number of nitrogens with zero attached hydrogens (tertiary/aromatic N) is 2. The Morgan fingerprint density at radius 3 is 2.52 bits per heavy atom. The van der Waals surface area contributed by atoms with Gasteiger partial charge in [-0.05, 0) is 68.8 Å². The lowest BCUT2D eigenvalue weighted by Gasteiger charge is -2.32. The molecule has 1 fully saturated rings. The molecule has 1 aliphatic carbocycles. The Kier molecular flexibility index (Phi) is 6.55. The third-order valence-corrected chi connectivity index (χ3v) is 7.73. The summed E-state index contributed by atoms with van der Waals surface area (Å²) >= 11 is 0. The predicted octanol–water partition coefficient (Wildman–Crippen LogP) is 1.64. The zero-order valence-electron chi connectivity index (χ0n) is 16.4. The quantitative estimate of drug-likeness (QED) is 0.798. The van der Waals surface area contributed by atoms with Crippen LogP contribution in [0.15, 0.2) is 23.1 Å². The smallest absolute Gasteiger partial charge is 0.243 e. The van der Waals surface area contributed by atoms with E-state index >= 15 is 0 Å². The maximum absolute atomic E-state index is 13.0. The molecule has 0 atom stereocenters. The third-order valence-electron chi connectivity index (χ3n) is 5.83. The van der Waals surface area contributed by atoms with Gasteiger partial charge in [-0.3, -0.25) is 4.79 Å². The van der Waals surface area contributed by atoms with Crippen molar-refractivity contribution >= 4 is 15.9 Å². The molecule has 1 amide bonds. The molecular formula is C20H31N3O3S. The molecule has 1 aliphatic heterocycles. The van der Waals surface area contributed by atoms with Crippen LogP contribution in [0.5, 0.6) is 0 Å². The van der Waals surface area contributed by atoms with Crippen molar-refractivity contribution in [2.45, 2.75) is 43.4 Å². The van der Waals surface area contributed by atoms with Crippen LogP contribution < -0.4 is 5.32 Å².